The fraction of sp³-hybridized carbons (Fsp3) is 0.250. The van der Waals surface area contributed by atoms with Crippen LogP contribution in [0.1, 0.15) is 11.1 Å². The van der Waals surface area contributed by atoms with E-state index in [1.165, 1.54) is 12.1 Å². The maximum absolute atomic E-state index is 11.9. The van der Waals surface area contributed by atoms with Gasteiger partial charge in [-0.1, -0.05) is 17.7 Å². The van der Waals surface area contributed by atoms with Gasteiger partial charge in [0.1, 0.15) is 0 Å². The second-order valence-electron chi connectivity index (χ2n) is 3.54. The first kappa shape index (κ1) is 13.3. The highest BCUT2D eigenvalue weighted by Gasteiger charge is 2.29. The summed E-state index contributed by atoms with van der Waals surface area (Å²) in [6, 6.07) is 6.94. The third-order valence-electron chi connectivity index (χ3n) is 2.02. The van der Waals surface area contributed by atoms with Gasteiger partial charge in [-0.25, -0.2) is 0 Å². The van der Waals surface area contributed by atoms with E-state index >= 15 is 0 Å². The Morgan fingerprint density at radius 3 is 2.00 bits per heavy atom. The first-order valence-corrected chi connectivity index (χ1v) is 4.97. The molecule has 1 aromatic carbocycles. The van der Waals surface area contributed by atoms with Crippen LogP contribution in [0.2, 0.25) is 0 Å². The summed E-state index contributed by atoms with van der Waals surface area (Å²) in [5.41, 5.74) is 0.237. The van der Waals surface area contributed by atoms with Crippen LogP contribution >= 0.6 is 0 Å². The highest BCUT2D eigenvalue weighted by Crippen LogP contribution is 2.28. The van der Waals surface area contributed by atoms with E-state index in [0.29, 0.717) is 0 Å². The van der Waals surface area contributed by atoms with Gasteiger partial charge in [-0.15, -0.1) is 0 Å². The SMILES string of the molecule is Cc1ccc(C(F)(F)F)cc1.Cn1cccn1. The highest BCUT2D eigenvalue weighted by atomic mass is 19.4. The van der Waals surface area contributed by atoms with E-state index in [4.69, 9.17) is 0 Å². The molecule has 5 heteroatoms. The van der Waals surface area contributed by atoms with Gasteiger partial charge in [-0.3, -0.25) is 4.68 Å². The van der Waals surface area contributed by atoms with Crippen molar-refractivity contribution in [3.05, 3.63) is 53.9 Å². The van der Waals surface area contributed by atoms with E-state index in [9.17, 15) is 13.2 Å². The summed E-state index contributed by atoms with van der Waals surface area (Å²) in [5.74, 6) is 0. The van der Waals surface area contributed by atoms with E-state index in [1.54, 1.807) is 17.8 Å². The first-order valence-electron chi connectivity index (χ1n) is 4.97. The lowest BCUT2D eigenvalue weighted by atomic mass is 10.1. The Labute approximate surface area is 97.7 Å². The van der Waals surface area contributed by atoms with Crippen molar-refractivity contribution in [3.8, 4) is 0 Å². The maximum atomic E-state index is 11.9. The summed E-state index contributed by atoms with van der Waals surface area (Å²) in [5, 5.41) is 3.83. The zero-order chi connectivity index (χ0) is 12.9. The minimum absolute atomic E-state index is 0.594. The van der Waals surface area contributed by atoms with Crippen molar-refractivity contribution in [2.24, 2.45) is 7.05 Å². The van der Waals surface area contributed by atoms with Crippen molar-refractivity contribution in [2.75, 3.05) is 0 Å². The summed E-state index contributed by atoms with van der Waals surface area (Å²) >= 11 is 0. The lowest BCUT2D eigenvalue weighted by molar-refractivity contribution is -0.137. The number of nitrogens with zero attached hydrogens (tertiary/aromatic N) is 2. The fourth-order valence-corrected chi connectivity index (χ4v) is 1.09. The molecular weight excluding hydrogens is 229 g/mol. The predicted molar refractivity (Wildman–Crippen MR) is 59.4 cm³/mol. The van der Waals surface area contributed by atoms with E-state index in [2.05, 4.69) is 5.10 Å². The Morgan fingerprint density at radius 1 is 1.12 bits per heavy atom. The van der Waals surface area contributed by atoms with Crippen LogP contribution in [0.15, 0.2) is 42.7 Å². The van der Waals surface area contributed by atoms with Crippen LogP contribution in [-0.2, 0) is 13.2 Å². The standard InChI is InChI=1S/C8H7F3.C4H6N2/c1-6-2-4-7(5-3-6)8(9,10)11;1-6-4-2-3-5-6/h2-5H,1H3;2-4H,1H3. The van der Waals surface area contributed by atoms with Crippen molar-refractivity contribution in [1.29, 1.82) is 0 Å². The normalized spacial score (nSPS) is 10.6. The minimum atomic E-state index is -4.21. The van der Waals surface area contributed by atoms with Crippen LogP contribution in [0.4, 0.5) is 13.2 Å². The molecule has 0 aliphatic heterocycles. The summed E-state index contributed by atoms with van der Waals surface area (Å²) in [6.45, 7) is 1.75. The van der Waals surface area contributed by atoms with Crippen LogP contribution in [0.3, 0.4) is 0 Å². The molecule has 0 bridgehead atoms. The number of alkyl halides is 3. The van der Waals surface area contributed by atoms with Crippen molar-refractivity contribution < 1.29 is 13.2 Å². The van der Waals surface area contributed by atoms with E-state index in [1.807, 2.05) is 19.3 Å². The second kappa shape index (κ2) is 5.52. The first-order chi connectivity index (χ1) is 7.89. The maximum Gasteiger partial charge on any atom is 0.416 e. The van der Waals surface area contributed by atoms with Gasteiger partial charge >= 0.3 is 6.18 Å². The van der Waals surface area contributed by atoms with Crippen LogP contribution in [0, 0.1) is 6.92 Å². The number of hydrogen-bond acceptors (Lipinski definition) is 1. The summed E-state index contributed by atoms with van der Waals surface area (Å²) in [6.07, 6.45) is -0.576. The molecule has 0 aliphatic rings. The van der Waals surface area contributed by atoms with Gasteiger partial charge in [-0.05, 0) is 25.1 Å². The van der Waals surface area contributed by atoms with E-state index < -0.39 is 11.7 Å². The second-order valence-corrected chi connectivity index (χ2v) is 3.54. The highest BCUT2D eigenvalue weighted by molar-refractivity contribution is 5.23. The molecule has 1 heterocycles. The lowest BCUT2D eigenvalue weighted by Gasteiger charge is -2.05. The van der Waals surface area contributed by atoms with Gasteiger partial charge in [0, 0.05) is 19.4 Å². The third kappa shape index (κ3) is 4.72. The molecule has 92 valence electrons. The topological polar surface area (TPSA) is 17.8 Å². The van der Waals surface area contributed by atoms with Crippen molar-refractivity contribution in [3.63, 3.8) is 0 Å². The molecule has 1 aromatic heterocycles. The zero-order valence-corrected chi connectivity index (χ0v) is 9.57. The quantitative estimate of drug-likeness (QED) is 0.692. The van der Waals surface area contributed by atoms with Gasteiger partial charge in [-0.2, -0.15) is 18.3 Å². The monoisotopic (exact) mass is 242 g/mol. The van der Waals surface area contributed by atoms with Crippen LogP contribution in [0.25, 0.3) is 0 Å². The Balaban J connectivity index is 0.000000202. The smallest absolute Gasteiger partial charge is 0.276 e. The van der Waals surface area contributed by atoms with E-state index in [0.717, 1.165) is 17.7 Å². The summed E-state index contributed by atoms with van der Waals surface area (Å²) in [7, 11) is 1.89. The summed E-state index contributed by atoms with van der Waals surface area (Å²) in [4.78, 5) is 0. The molecule has 0 unspecified atom stereocenters. The Bertz CT molecular complexity index is 430. The number of rotatable bonds is 0. The molecule has 0 N–H and O–H groups in total. The number of hydrogen-bond donors (Lipinski definition) is 0. The largest absolute Gasteiger partial charge is 0.416 e. The molecule has 0 saturated heterocycles. The molecule has 0 aliphatic carbocycles. The number of aryl methyl sites for hydroxylation is 2. The van der Waals surface area contributed by atoms with Crippen molar-refractivity contribution in [2.45, 2.75) is 13.1 Å². The zero-order valence-electron chi connectivity index (χ0n) is 9.57. The molecule has 2 nitrogen and oxygen atoms in total. The Morgan fingerprint density at radius 2 is 1.71 bits per heavy atom. The van der Waals surface area contributed by atoms with Crippen LogP contribution in [0.5, 0.6) is 0 Å². The molecule has 0 spiro atoms. The third-order valence-corrected chi connectivity index (χ3v) is 2.02. The molecule has 0 fully saturated rings. The molecule has 0 atom stereocenters. The van der Waals surface area contributed by atoms with E-state index in [-0.39, 0.29) is 0 Å². The molecule has 17 heavy (non-hydrogen) atoms. The molecule has 0 amide bonds. The molecule has 2 aromatic rings. The summed E-state index contributed by atoms with van der Waals surface area (Å²) < 4.78 is 37.5. The number of aromatic nitrogens is 2. The van der Waals surface area contributed by atoms with Crippen LogP contribution in [-0.4, -0.2) is 9.78 Å². The van der Waals surface area contributed by atoms with Gasteiger partial charge < -0.3 is 0 Å². The fourth-order valence-electron chi connectivity index (χ4n) is 1.09. The van der Waals surface area contributed by atoms with Crippen molar-refractivity contribution >= 4 is 0 Å². The predicted octanol–water partition coefficient (Wildman–Crippen LogP) is 3.43. The van der Waals surface area contributed by atoms with Gasteiger partial charge in [0.15, 0.2) is 0 Å². The van der Waals surface area contributed by atoms with Gasteiger partial charge in [0.2, 0.25) is 0 Å². The molecule has 2 rings (SSSR count). The average Bonchev–Trinajstić information content (AvgIpc) is 2.69. The van der Waals surface area contributed by atoms with Crippen LogP contribution < -0.4 is 0 Å². The number of halogens is 3. The average molecular weight is 242 g/mol. The molecule has 0 radical (unpaired) electrons. The molecule has 0 saturated carbocycles. The van der Waals surface area contributed by atoms with Gasteiger partial charge in [0.25, 0.3) is 0 Å². The van der Waals surface area contributed by atoms with Crippen molar-refractivity contribution in [1.82, 2.24) is 9.78 Å². The minimum Gasteiger partial charge on any atom is -0.276 e. The number of benzene rings is 1. The Hall–Kier alpha value is -1.78. The molecular formula is C12H13F3N2. The van der Waals surface area contributed by atoms with Gasteiger partial charge in [0.05, 0.1) is 5.56 Å². The lowest BCUT2D eigenvalue weighted by Crippen LogP contribution is -2.03. The Kier molecular flexibility index (Phi) is 4.31.